The van der Waals surface area contributed by atoms with E-state index in [0.717, 1.165) is 5.92 Å². The van der Waals surface area contributed by atoms with Gasteiger partial charge in [-0.25, -0.2) is 0 Å². The van der Waals surface area contributed by atoms with Crippen LogP contribution in [0.4, 0.5) is 5.69 Å². The first kappa shape index (κ1) is 10.5. The van der Waals surface area contributed by atoms with Gasteiger partial charge in [0.15, 0.2) is 0 Å². The van der Waals surface area contributed by atoms with E-state index in [9.17, 15) is 0 Å². The average Bonchev–Trinajstić information content (AvgIpc) is 3.05. The Morgan fingerprint density at radius 2 is 1.94 bits per heavy atom. The number of rotatable bonds is 4. The predicted octanol–water partition coefficient (Wildman–Crippen LogP) is 3.69. The van der Waals surface area contributed by atoms with E-state index in [0.29, 0.717) is 6.04 Å². The second-order valence-electron chi connectivity index (χ2n) is 4.91. The third-order valence-electron chi connectivity index (χ3n) is 3.47. The van der Waals surface area contributed by atoms with Gasteiger partial charge in [0.1, 0.15) is 0 Å². The van der Waals surface area contributed by atoms with Crippen LogP contribution in [0.3, 0.4) is 0 Å². The molecular formula is C15H18N2. The topological polar surface area (TPSA) is 17.0 Å². The fourth-order valence-corrected chi connectivity index (χ4v) is 2.24. The molecular weight excluding hydrogens is 208 g/mol. The van der Waals surface area contributed by atoms with E-state index in [2.05, 4.69) is 53.5 Å². The zero-order chi connectivity index (χ0) is 11.7. The van der Waals surface area contributed by atoms with Crippen LogP contribution in [0, 0.1) is 5.92 Å². The van der Waals surface area contributed by atoms with Gasteiger partial charge < -0.3 is 9.88 Å². The summed E-state index contributed by atoms with van der Waals surface area (Å²) in [5.74, 6) is 0.880. The van der Waals surface area contributed by atoms with Crippen molar-refractivity contribution in [3.8, 4) is 5.69 Å². The number of nitrogens with one attached hydrogen (secondary N) is 1. The largest absolute Gasteiger partial charge is 0.382 e. The zero-order valence-corrected chi connectivity index (χ0v) is 10.1. The van der Waals surface area contributed by atoms with Gasteiger partial charge in [-0.05, 0) is 56.0 Å². The average molecular weight is 226 g/mol. The van der Waals surface area contributed by atoms with Gasteiger partial charge in [-0.2, -0.15) is 0 Å². The first-order valence-electron chi connectivity index (χ1n) is 6.33. The molecule has 1 fully saturated rings. The van der Waals surface area contributed by atoms with Crippen molar-refractivity contribution in [2.24, 2.45) is 5.92 Å². The van der Waals surface area contributed by atoms with Crippen molar-refractivity contribution in [2.45, 2.75) is 25.8 Å². The SMILES string of the molecule is CC(Nc1cccc(-n2cccc2)c1)C1CC1. The van der Waals surface area contributed by atoms with Crippen LogP contribution in [0.15, 0.2) is 48.8 Å². The summed E-state index contributed by atoms with van der Waals surface area (Å²) in [5, 5.41) is 3.59. The normalized spacial score (nSPS) is 16.8. The quantitative estimate of drug-likeness (QED) is 0.841. The zero-order valence-electron chi connectivity index (χ0n) is 10.1. The molecule has 2 heteroatoms. The highest BCUT2D eigenvalue weighted by Gasteiger charge is 2.27. The van der Waals surface area contributed by atoms with Crippen molar-refractivity contribution in [1.82, 2.24) is 4.57 Å². The van der Waals surface area contributed by atoms with Gasteiger partial charge in [0.05, 0.1) is 0 Å². The van der Waals surface area contributed by atoms with E-state index in [1.807, 2.05) is 12.1 Å². The number of aromatic nitrogens is 1. The van der Waals surface area contributed by atoms with Gasteiger partial charge in [0.2, 0.25) is 0 Å². The number of nitrogens with zero attached hydrogens (tertiary/aromatic N) is 1. The Morgan fingerprint density at radius 1 is 1.18 bits per heavy atom. The highest BCUT2D eigenvalue weighted by atomic mass is 15.0. The molecule has 2 aromatic rings. The van der Waals surface area contributed by atoms with Crippen LogP contribution in [-0.4, -0.2) is 10.6 Å². The molecule has 0 saturated heterocycles. The van der Waals surface area contributed by atoms with Crippen molar-refractivity contribution >= 4 is 5.69 Å². The van der Waals surface area contributed by atoms with Gasteiger partial charge in [0, 0.05) is 29.8 Å². The molecule has 1 N–H and O–H groups in total. The Kier molecular flexibility index (Phi) is 2.63. The molecule has 0 bridgehead atoms. The summed E-state index contributed by atoms with van der Waals surface area (Å²) in [6.45, 7) is 2.28. The van der Waals surface area contributed by atoms with Crippen molar-refractivity contribution in [2.75, 3.05) is 5.32 Å². The summed E-state index contributed by atoms with van der Waals surface area (Å²) in [4.78, 5) is 0. The lowest BCUT2D eigenvalue weighted by Gasteiger charge is -2.15. The summed E-state index contributed by atoms with van der Waals surface area (Å²) in [7, 11) is 0. The van der Waals surface area contributed by atoms with Crippen molar-refractivity contribution in [3.05, 3.63) is 48.8 Å². The summed E-state index contributed by atoms with van der Waals surface area (Å²) >= 11 is 0. The van der Waals surface area contributed by atoms with Crippen LogP contribution < -0.4 is 5.32 Å². The number of hydrogen-bond donors (Lipinski definition) is 1. The lowest BCUT2D eigenvalue weighted by molar-refractivity contribution is 0.694. The maximum Gasteiger partial charge on any atom is 0.0469 e. The number of benzene rings is 1. The standard InChI is InChI=1S/C15H18N2/c1-12(13-7-8-13)16-14-5-4-6-15(11-14)17-9-2-3-10-17/h2-6,9-13,16H,7-8H2,1H3. The minimum atomic E-state index is 0.593. The molecule has 1 aromatic carbocycles. The van der Waals surface area contributed by atoms with Crippen LogP contribution >= 0.6 is 0 Å². The Hall–Kier alpha value is -1.70. The predicted molar refractivity (Wildman–Crippen MR) is 71.6 cm³/mol. The van der Waals surface area contributed by atoms with Gasteiger partial charge in [-0.1, -0.05) is 6.07 Å². The molecule has 1 heterocycles. The molecule has 88 valence electrons. The number of hydrogen-bond acceptors (Lipinski definition) is 1. The molecule has 17 heavy (non-hydrogen) atoms. The van der Waals surface area contributed by atoms with Gasteiger partial charge in [-0.3, -0.25) is 0 Å². The Balaban J connectivity index is 1.79. The molecule has 1 saturated carbocycles. The van der Waals surface area contributed by atoms with Crippen LogP contribution in [0.5, 0.6) is 0 Å². The van der Waals surface area contributed by atoms with Crippen LogP contribution in [-0.2, 0) is 0 Å². The third-order valence-corrected chi connectivity index (χ3v) is 3.47. The fourth-order valence-electron chi connectivity index (χ4n) is 2.24. The lowest BCUT2D eigenvalue weighted by atomic mass is 10.2. The first-order chi connectivity index (χ1) is 8.33. The molecule has 1 aliphatic rings. The smallest absolute Gasteiger partial charge is 0.0469 e. The summed E-state index contributed by atoms with van der Waals surface area (Å²) < 4.78 is 2.13. The maximum absolute atomic E-state index is 3.59. The molecule has 1 aliphatic carbocycles. The molecule has 3 rings (SSSR count). The molecule has 1 atom stereocenters. The van der Waals surface area contributed by atoms with E-state index in [4.69, 9.17) is 0 Å². The summed E-state index contributed by atoms with van der Waals surface area (Å²) in [6, 6.07) is 13.3. The molecule has 0 spiro atoms. The Morgan fingerprint density at radius 3 is 2.65 bits per heavy atom. The lowest BCUT2D eigenvalue weighted by Crippen LogP contribution is -2.17. The highest BCUT2D eigenvalue weighted by molar-refractivity contribution is 5.52. The van der Waals surface area contributed by atoms with Crippen LogP contribution in [0.1, 0.15) is 19.8 Å². The molecule has 0 aliphatic heterocycles. The van der Waals surface area contributed by atoms with E-state index in [-0.39, 0.29) is 0 Å². The fraction of sp³-hybridized carbons (Fsp3) is 0.333. The van der Waals surface area contributed by atoms with Crippen molar-refractivity contribution in [1.29, 1.82) is 0 Å². The monoisotopic (exact) mass is 226 g/mol. The first-order valence-corrected chi connectivity index (χ1v) is 6.33. The minimum absolute atomic E-state index is 0.593. The van der Waals surface area contributed by atoms with Gasteiger partial charge in [-0.15, -0.1) is 0 Å². The summed E-state index contributed by atoms with van der Waals surface area (Å²) in [5.41, 5.74) is 2.43. The minimum Gasteiger partial charge on any atom is -0.382 e. The maximum atomic E-state index is 3.59. The van der Waals surface area contributed by atoms with E-state index in [1.165, 1.54) is 24.2 Å². The van der Waals surface area contributed by atoms with Crippen molar-refractivity contribution in [3.63, 3.8) is 0 Å². The van der Waals surface area contributed by atoms with Crippen molar-refractivity contribution < 1.29 is 0 Å². The second-order valence-corrected chi connectivity index (χ2v) is 4.91. The molecule has 0 radical (unpaired) electrons. The van der Waals surface area contributed by atoms with E-state index in [1.54, 1.807) is 0 Å². The molecule has 1 unspecified atom stereocenters. The molecule has 1 aromatic heterocycles. The van der Waals surface area contributed by atoms with Crippen LogP contribution in [0.25, 0.3) is 5.69 Å². The number of anilines is 1. The van der Waals surface area contributed by atoms with Crippen LogP contribution in [0.2, 0.25) is 0 Å². The van der Waals surface area contributed by atoms with E-state index >= 15 is 0 Å². The third kappa shape index (κ3) is 2.36. The second kappa shape index (κ2) is 4.28. The summed E-state index contributed by atoms with van der Waals surface area (Å²) in [6.07, 6.45) is 6.91. The van der Waals surface area contributed by atoms with Gasteiger partial charge in [0.25, 0.3) is 0 Å². The molecule has 2 nitrogen and oxygen atoms in total. The Labute approximate surface area is 102 Å². The highest BCUT2D eigenvalue weighted by Crippen LogP contribution is 2.34. The molecule has 0 amide bonds. The van der Waals surface area contributed by atoms with Gasteiger partial charge >= 0.3 is 0 Å². The van der Waals surface area contributed by atoms with E-state index < -0.39 is 0 Å². The Bertz CT molecular complexity index is 483.